The lowest BCUT2D eigenvalue weighted by atomic mass is 10.2. The maximum Gasteiger partial charge on any atom is 0.139 e. The first-order valence-corrected chi connectivity index (χ1v) is 6.82. The average Bonchev–Trinajstić information content (AvgIpc) is 2.51. The Kier molecular flexibility index (Phi) is 5.29. The van der Waals surface area contributed by atoms with Crippen molar-refractivity contribution in [1.29, 1.82) is 0 Å². The first-order chi connectivity index (χ1) is 7.10. The van der Waals surface area contributed by atoms with Crippen molar-refractivity contribution in [3.8, 4) is 0 Å². The maximum absolute atomic E-state index is 4.46. The third-order valence-corrected chi connectivity index (χ3v) is 4.37. The molecule has 0 aromatic carbocycles. The van der Waals surface area contributed by atoms with Crippen molar-refractivity contribution in [3.63, 3.8) is 0 Å². The molecular formula is C10H17Br2N3. The van der Waals surface area contributed by atoms with Crippen molar-refractivity contribution in [2.75, 3.05) is 0 Å². The number of nitrogens with one attached hydrogen (secondary N) is 1. The van der Waals surface area contributed by atoms with E-state index in [1.54, 1.807) is 0 Å². The van der Waals surface area contributed by atoms with E-state index in [-0.39, 0.29) is 0 Å². The van der Waals surface area contributed by atoms with Crippen LogP contribution < -0.4 is 5.32 Å². The van der Waals surface area contributed by atoms with Gasteiger partial charge in [-0.15, -0.1) is 0 Å². The second-order valence-electron chi connectivity index (χ2n) is 3.54. The van der Waals surface area contributed by atoms with Crippen LogP contribution in [-0.4, -0.2) is 15.6 Å². The number of aromatic nitrogens is 2. The molecule has 1 aromatic rings. The van der Waals surface area contributed by atoms with Gasteiger partial charge in [-0.2, -0.15) is 0 Å². The molecule has 0 aliphatic rings. The summed E-state index contributed by atoms with van der Waals surface area (Å²) >= 11 is 6.94. The van der Waals surface area contributed by atoms with E-state index in [4.69, 9.17) is 0 Å². The molecule has 15 heavy (non-hydrogen) atoms. The van der Waals surface area contributed by atoms with E-state index >= 15 is 0 Å². The van der Waals surface area contributed by atoms with Gasteiger partial charge in [0.2, 0.25) is 0 Å². The molecule has 1 aromatic heterocycles. The molecule has 5 heteroatoms. The quantitative estimate of drug-likeness (QED) is 0.892. The van der Waals surface area contributed by atoms with Gasteiger partial charge in [-0.3, -0.25) is 0 Å². The number of nitrogens with zero attached hydrogens (tertiary/aromatic N) is 2. The van der Waals surface area contributed by atoms with Gasteiger partial charge in [-0.05, 0) is 52.1 Å². The number of imidazole rings is 1. The fourth-order valence-corrected chi connectivity index (χ4v) is 2.27. The zero-order chi connectivity index (χ0) is 11.4. The number of rotatable bonds is 5. The molecule has 0 aliphatic heterocycles. The van der Waals surface area contributed by atoms with Gasteiger partial charge in [-0.1, -0.05) is 6.92 Å². The van der Waals surface area contributed by atoms with Gasteiger partial charge in [0.15, 0.2) is 0 Å². The topological polar surface area (TPSA) is 29.9 Å². The molecule has 0 spiro atoms. The highest BCUT2D eigenvalue weighted by Gasteiger charge is 2.11. The highest BCUT2D eigenvalue weighted by molar-refractivity contribution is 9.13. The fourth-order valence-electron chi connectivity index (χ4n) is 1.31. The predicted molar refractivity (Wildman–Crippen MR) is 69.9 cm³/mol. The third kappa shape index (κ3) is 3.29. The summed E-state index contributed by atoms with van der Waals surface area (Å²) in [6.07, 6.45) is 1.13. The summed E-state index contributed by atoms with van der Waals surface area (Å²) in [7, 11) is 0. The highest BCUT2D eigenvalue weighted by atomic mass is 79.9. The van der Waals surface area contributed by atoms with Crippen LogP contribution in [-0.2, 0) is 13.1 Å². The van der Waals surface area contributed by atoms with Crippen LogP contribution in [0.25, 0.3) is 0 Å². The van der Waals surface area contributed by atoms with Gasteiger partial charge in [0.05, 0.1) is 6.54 Å². The van der Waals surface area contributed by atoms with E-state index in [2.05, 4.69) is 67.5 Å². The molecule has 1 rings (SSSR count). The van der Waals surface area contributed by atoms with Crippen molar-refractivity contribution < 1.29 is 0 Å². The molecule has 0 bridgehead atoms. The lowest BCUT2D eigenvalue weighted by molar-refractivity contribution is 0.509. The molecule has 0 saturated heterocycles. The largest absolute Gasteiger partial charge is 0.321 e. The van der Waals surface area contributed by atoms with Crippen molar-refractivity contribution >= 4 is 31.9 Å². The number of hydrogen-bond donors (Lipinski definition) is 1. The van der Waals surface area contributed by atoms with E-state index in [9.17, 15) is 0 Å². The summed E-state index contributed by atoms with van der Waals surface area (Å²) in [5.41, 5.74) is 0. The van der Waals surface area contributed by atoms with Crippen molar-refractivity contribution in [2.45, 2.75) is 46.3 Å². The molecule has 0 amide bonds. The average molecular weight is 339 g/mol. The first kappa shape index (κ1) is 13.2. The van der Waals surface area contributed by atoms with Crippen LogP contribution in [0.5, 0.6) is 0 Å². The van der Waals surface area contributed by atoms with Gasteiger partial charge >= 0.3 is 0 Å². The molecule has 0 fully saturated rings. The minimum Gasteiger partial charge on any atom is -0.321 e. The minimum atomic E-state index is 0.532. The summed E-state index contributed by atoms with van der Waals surface area (Å²) in [6.45, 7) is 8.22. The smallest absolute Gasteiger partial charge is 0.139 e. The summed E-state index contributed by atoms with van der Waals surface area (Å²) < 4.78 is 4.05. The Bertz CT molecular complexity index is 323. The molecule has 0 aliphatic carbocycles. The van der Waals surface area contributed by atoms with E-state index < -0.39 is 0 Å². The summed E-state index contributed by atoms with van der Waals surface area (Å²) in [5, 5.41) is 3.44. The van der Waals surface area contributed by atoms with Gasteiger partial charge in [0, 0.05) is 12.6 Å². The molecule has 1 heterocycles. The molecule has 0 saturated carbocycles. The fraction of sp³-hybridized carbons (Fsp3) is 0.700. The Morgan fingerprint density at radius 2 is 2.07 bits per heavy atom. The maximum atomic E-state index is 4.46. The first-order valence-electron chi connectivity index (χ1n) is 5.23. The molecule has 3 nitrogen and oxygen atoms in total. The summed E-state index contributed by atoms with van der Waals surface area (Å²) in [6, 6.07) is 0.532. The van der Waals surface area contributed by atoms with Crippen LogP contribution in [0.15, 0.2) is 9.21 Å². The van der Waals surface area contributed by atoms with E-state index in [0.29, 0.717) is 6.04 Å². The van der Waals surface area contributed by atoms with Gasteiger partial charge in [0.1, 0.15) is 15.0 Å². The molecule has 0 radical (unpaired) electrons. The zero-order valence-corrected chi connectivity index (χ0v) is 12.5. The summed E-state index contributed by atoms with van der Waals surface area (Å²) in [4.78, 5) is 4.46. The van der Waals surface area contributed by atoms with E-state index in [1.807, 2.05) is 0 Å². The zero-order valence-electron chi connectivity index (χ0n) is 9.35. The molecule has 86 valence electrons. The van der Waals surface area contributed by atoms with E-state index in [1.165, 1.54) is 0 Å². The van der Waals surface area contributed by atoms with Gasteiger partial charge in [0.25, 0.3) is 0 Å². The van der Waals surface area contributed by atoms with Crippen LogP contribution in [0.1, 0.15) is 33.0 Å². The van der Waals surface area contributed by atoms with Crippen LogP contribution in [0, 0.1) is 0 Å². The van der Waals surface area contributed by atoms with Crippen LogP contribution >= 0.6 is 31.9 Å². The van der Waals surface area contributed by atoms with Crippen LogP contribution in [0.4, 0.5) is 0 Å². The van der Waals surface area contributed by atoms with Crippen molar-refractivity contribution in [1.82, 2.24) is 14.9 Å². The third-order valence-electron chi connectivity index (χ3n) is 2.48. The van der Waals surface area contributed by atoms with Crippen LogP contribution in [0.3, 0.4) is 0 Å². The standard InChI is InChI=1S/C10H17Br2N3/c1-4-7(3)13-6-8-14-9(11)10(12)15(8)5-2/h7,13H,4-6H2,1-3H3. The lowest BCUT2D eigenvalue weighted by Gasteiger charge is -2.11. The van der Waals surface area contributed by atoms with Crippen LogP contribution in [0.2, 0.25) is 0 Å². The second kappa shape index (κ2) is 6.01. The van der Waals surface area contributed by atoms with E-state index in [0.717, 1.165) is 34.5 Å². The molecular weight excluding hydrogens is 322 g/mol. The Morgan fingerprint density at radius 1 is 1.40 bits per heavy atom. The van der Waals surface area contributed by atoms with Crippen molar-refractivity contribution in [2.24, 2.45) is 0 Å². The Hall–Kier alpha value is 0.130. The predicted octanol–water partition coefficient (Wildman–Crippen LogP) is 3.32. The second-order valence-corrected chi connectivity index (χ2v) is 5.05. The number of halogens is 2. The Morgan fingerprint density at radius 3 is 2.60 bits per heavy atom. The molecule has 1 atom stereocenters. The lowest BCUT2D eigenvalue weighted by Crippen LogP contribution is -2.26. The summed E-state index contributed by atoms with van der Waals surface area (Å²) in [5.74, 6) is 1.07. The Labute approximate surface area is 108 Å². The van der Waals surface area contributed by atoms with Crippen molar-refractivity contribution in [3.05, 3.63) is 15.0 Å². The Balaban J connectivity index is 2.72. The SMILES string of the molecule is CCC(C)NCc1nc(Br)c(Br)n1CC. The molecule has 1 N–H and O–H groups in total. The molecule has 1 unspecified atom stereocenters. The number of hydrogen-bond acceptors (Lipinski definition) is 2. The normalized spacial score (nSPS) is 13.1. The monoisotopic (exact) mass is 337 g/mol. The highest BCUT2D eigenvalue weighted by Crippen LogP contribution is 2.23. The van der Waals surface area contributed by atoms with Gasteiger partial charge < -0.3 is 9.88 Å². The minimum absolute atomic E-state index is 0.532. The van der Waals surface area contributed by atoms with Gasteiger partial charge in [-0.25, -0.2) is 4.98 Å².